The molecule has 1 amide bonds. The lowest BCUT2D eigenvalue weighted by Crippen LogP contribution is -2.14. The van der Waals surface area contributed by atoms with E-state index in [4.69, 9.17) is 9.26 Å². The van der Waals surface area contributed by atoms with Gasteiger partial charge in [0.2, 0.25) is 0 Å². The molecule has 0 atom stereocenters. The number of fused-ring (bicyclic) bond motifs is 1. The van der Waals surface area contributed by atoms with Crippen molar-refractivity contribution in [2.75, 3.05) is 12.4 Å². The number of anilines is 1. The van der Waals surface area contributed by atoms with Crippen LogP contribution < -0.4 is 10.1 Å². The van der Waals surface area contributed by atoms with Gasteiger partial charge in [0, 0.05) is 11.3 Å². The maximum atomic E-state index is 13.6. The number of aryl methyl sites for hydroxylation is 3. The summed E-state index contributed by atoms with van der Waals surface area (Å²) in [5.74, 6) is 0.455. The number of carbonyl (C=O) groups excluding carboxylic acids is 1. The summed E-state index contributed by atoms with van der Waals surface area (Å²) in [6.45, 7) is 8.36. The molecule has 0 spiro atoms. The molecule has 2 aromatic carbocycles. The molecule has 0 aliphatic heterocycles. The summed E-state index contributed by atoms with van der Waals surface area (Å²) in [6, 6.07) is 17.5. The zero-order valence-electron chi connectivity index (χ0n) is 20.9. The van der Waals surface area contributed by atoms with Crippen molar-refractivity contribution in [1.82, 2.24) is 19.9 Å². The third-order valence-corrected chi connectivity index (χ3v) is 6.26. The van der Waals surface area contributed by atoms with E-state index in [1.54, 1.807) is 13.2 Å². The van der Waals surface area contributed by atoms with Crippen molar-refractivity contribution in [1.29, 1.82) is 0 Å². The van der Waals surface area contributed by atoms with Gasteiger partial charge in [0.05, 0.1) is 41.7 Å². The Morgan fingerprint density at radius 3 is 2.44 bits per heavy atom. The lowest BCUT2D eigenvalue weighted by atomic mass is 10.0. The summed E-state index contributed by atoms with van der Waals surface area (Å²) >= 11 is 0. The smallest absolute Gasteiger partial charge is 0.259 e. The van der Waals surface area contributed by atoms with Crippen LogP contribution in [0.3, 0.4) is 0 Å². The maximum absolute atomic E-state index is 13.6. The van der Waals surface area contributed by atoms with Gasteiger partial charge in [-0.3, -0.25) is 9.48 Å². The second-order valence-corrected chi connectivity index (χ2v) is 8.89. The van der Waals surface area contributed by atoms with Gasteiger partial charge in [-0.05, 0) is 63.6 Å². The molecule has 3 aromatic heterocycles. The zero-order chi connectivity index (χ0) is 25.4. The second-order valence-electron chi connectivity index (χ2n) is 8.89. The van der Waals surface area contributed by atoms with Gasteiger partial charge in [0.25, 0.3) is 11.6 Å². The van der Waals surface area contributed by atoms with E-state index in [0.29, 0.717) is 40.3 Å². The number of amides is 1. The zero-order valence-corrected chi connectivity index (χ0v) is 20.9. The van der Waals surface area contributed by atoms with Gasteiger partial charge >= 0.3 is 0 Å². The largest absolute Gasteiger partial charge is 0.497 e. The molecule has 0 saturated carbocycles. The first-order valence-corrected chi connectivity index (χ1v) is 11.7. The Labute approximate surface area is 208 Å². The Bertz CT molecular complexity index is 1560. The molecule has 0 aliphatic rings. The molecule has 0 bridgehead atoms. The molecule has 5 aromatic rings. The molecule has 1 N–H and O–H groups in total. The van der Waals surface area contributed by atoms with Crippen LogP contribution in [0.15, 0.2) is 59.1 Å². The summed E-state index contributed by atoms with van der Waals surface area (Å²) < 4.78 is 12.7. The minimum atomic E-state index is -0.274. The van der Waals surface area contributed by atoms with Crippen LogP contribution in [0.25, 0.3) is 22.4 Å². The number of nitrogens with one attached hydrogen (secondary N) is 1. The third kappa shape index (κ3) is 4.33. The fraction of sp³-hybridized carbons (Fsp3) is 0.214. The molecule has 0 aliphatic carbocycles. The van der Waals surface area contributed by atoms with Gasteiger partial charge in [-0.1, -0.05) is 35.0 Å². The van der Waals surface area contributed by atoms with E-state index >= 15 is 0 Å². The first-order chi connectivity index (χ1) is 17.3. The topological polar surface area (TPSA) is 95.1 Å². The fourth-order valence-corrected chi connectivity index (χ4v) is 4.28. The summed E-state index contributed by atoms with van der Waals surface area (Å²) in [4.78, 5) is 18.1. The minimum absolute atomic E-state index is 0.274. The van der Waals surface area contributed by atoms with Gasteiger partial charge < -0.3 is 14.6 Å². The van der Waals surface area contributed by atoms with Crippen LogP contribution in [0, 0.1) is 27.7 Å². The molecule has 0 fully saturated rings. The lowest BCUT2D eigenvalue weighted by Gasteiger charge is -2.09. The molecule has 8 heteroatoms. The Kier molecular flexibility index (Phi) is 6.01. The molecule has 5 rings (SSSR count). The summed E-state index contributed by atoms with van der Waals surface area (Å²) in [7, 11) is 1.61. The molecule has 3 heterocycles. The molecule has 0 radical (unpaired) electrons. The number of benzene rings is 2. The summed E-state index contributed by atoms with van der Waals surface area (Å²) in [5.41, 5.74) is 7.43. The van der Waals surface area contributed by atoms with Gasteiger partial charge in [0.1, 0.15) is 11.4 Å². The van der Waals surface area contributed by atoms with E-state index in [-0.39, 0.29) is 5.91 Å². The molecule has 36 heavy (non-hydrogen) atoms. The SMILES string of the molecule is COc1ccc(-c2noc3nc(C)cc(C(=O)Nc4c(C)nn(Cc5ccc(C)cc5)c4C)c23)cc1. The average molecular weight is 482 g/mol. The van der Waals surface area contributed by atoms with E-state index in [9.17, 15) is 4.79 Å². The highest BCUT2D eigenvalue weighted by atomic mass is 16.5. The quantitative estimate of drug-likeness (QED) is 0.338. The van der Waals surface area contributed by atoms with Crippen LogP contribution in [0.4, 0.5) is 5.69 Å². The van der Waals surface area contributed by atoms with Crippen LogP contribution in [-0.4, -0.2) is 32.9 Å². The fourth-order valence-electron chi connectivity index (χ4n) is 4.28. The van der Waals surface area contributed by atoms with Crippen LogP contribution in [0.2, 0.25) is 0 Å². The molecular weight excluding hydrogens is 454 g/mol. The molecule has 0 saturated heterocycles. The highest BCUT2D eigenvalue weighted by Gasteiger charge is 2.23. The summed E-state index contributed by atoms with van der Waals surface area (Å²) in [5, 5.41) is 12.5. The monoisotopic (exact) mass is 481 g/mol. The number of aromatic nitrogens is 4. The van der Waals surface area contributed by atoms with E-state index in [0.717, 1.165) is 28.3 Å². The van der Waals surface area contributed by atoms with Crippen molar-refractivity contribution in [2.24, 2.45) is 0 Å². The first kappa shape index (κ1) is 23.3. The Morgan fingerprint density at radius 1 is 1.03 bits per heavy atom. The number of pyridine rings is 1. The Balaban J connectivity index is 1.50. The highest BCUT2D eigenvalue weighted by molar-refractivity contribution is 6.15. The number of rotatable bonds is 6. The van der Waals surface area contributed by atoms with Crippen molar-refractivity contribution >= 4 is 22.7 Å². The predicted octanol–water partition coefficient (Wildman–Crippen LogP) is 5.63. The van der Waals surface area contributed by atoms with E-state index < -0.39 is 0 Å². The van der Waals surface area contributed by atoms with E-state index in [2.05, 4.69) is 51.7 Å². The molecule has 182 valence electrons. The van der Waals surface area contributed by atoms with Crippen LogP contribution in [-0.2, 0) is 6.54 Å². The lowest BCUT2D eigenvalue weighted by molar-refractivity contribution is 0.102. The highest BCUT2D eigenvalue weighted by Crippen LogP contribution is 2.32. The normalized spacial score (nSPS) is 11.1. The van der Waals surface area contributed by atoms with Gasteiger partial charge in [-0.25, -0.2) is 4.98 Å². The van der Waals surface area contributed by atoms with Crippen LogP contribution in [0.1, 0.15) is 38.6 Å². The second kappa shape index (κ2) is 9.30. The number of methoxy groups -OCH3 is 1. The van der Waals surface area contributed by atoms with E-state index in [1.165, 1.54) is 5.56 Å². The van der Waals surface area contributed by atoms with Crippen LogP contribution >= 0.6 is 0 Å². The number of hydrogen-bond donors (Lipinski definition) is 1. The van der Waals surface area contributed by atoms with Crippen molar-refractivity contribution in [3.05, 3.63) is 88.4 Å². The van der Waals surface area contributed by atoms with Crippen molar-refractivity contribution < 1.29 is 14.1 Å². The number of carbonyl (C=O) groups is 1. The number of hydrogen-bond acceptors (Lipinski definition) is 6. The Hall–Kier alpha value is -4.46. The average Bonchev–Trinajstić information content (AvgIpc) is 3.41. The summed E-state index contributed by atoms with van der Waals surface area (Å²) in [6.07, 6.45) is 0. The maximum Gasteiger partial charge on any atom is 0.259 e. The van der Waals surface area contributed by atoms with E-state index in [1.807, 2.05) is 49.7 Å². The van der Waals surface area contributed by atoms with Gasteiger partial charge in [0.15, 0.2) is 0 Å². The molecular formula is C28H27N5O3. The first-order valence-electron chi connectivity index (χ1n) is 11.7. The minimum Gasteiger partial charge on any atom is -0.497 e. The number of ether oxygens (including phenoxy) is 1. The predicted molar refractivity (Wildman–Crippen MR) is 138 cm³/mol. The number of nitrogens with zero attached hydrogens (tertiary/aromatic N) is 4. The van der Waals surface area contributed by atoms with Crippen LogP contribution in [0.5, 0.6) is 5.75 Å². The standard InChI is InChI=1S/C28H27N5O3/c1-16-6-8-20(9-7-16)15-33-19(4)25(18(3)31-33)30-27(34)23-14-17(2)29-28-24(23)26(32-36-28)21-10-12-22(35-5)13-11-21/h6-14H,15H2,1-5H3,(H,30,34). The third-order valence-electron chi connectivity index (χ3n) is 6.26. The van der Waals surface area contributed by atoms with Crippen molar-refractivity contribution in [3.8, 4) is 17.0 Å². The van der Waals surface area contributed by atoms with Gasteiger partial charge in [-0.2, -0.15) is 5.10 Å². The van der Waals surface area contributed by atoms with Gasteiger partial charge in [-0.15, -0.1) is 0 Å². The molecule has 0 unspecified atom stereocenters. The Morgan fingerprint density at radius 2 is 1.75 bits per heavy atom. The van der Waals surface area contributed by atoms with Crippen molar-refractivity contribution in [3.63, 3.8) is 0 Å². The van der Waals surface area contributed by atoms with Crippen molar-refractivity contribution in [2.45, 2.75) is 34.2 Å². The molecule has 8 nitrogen and oxygen atoms in total.